The first-order valence-electron chi connectivity index (χ1n) is 14.1. The van der Waals surface area contributed by atoms with E-state index in [1.165, 1.54) is 13.2 Å². The summed E-state index contributed by atoms with van der Waals surface area (Å²) in [6.45, 7) is 3.11. The van der Waals surface area contributed by atoms with Crippen LogP contribution >= 0.6 is 11.6 Å². The van der Waals surface area contributed by atoms with Gasteiger partial charge in [0, 0.05) is 19.0 Å². The Morgan fingerprint density at radius 2 is 1.92 bits per heavy atom. The number of carbonyl (C=O) groups excluding carboxylic acids is 3. The highest BCUT2D eigenvalue weighted by Crippen LogP contribution is 2.44. The Kier molecular flexibility index (Phi) is 8.57. The minimum absolute atomic E-state index is 0.0160. The molecule has 39 heavy (non-hydrogen) atoms. The number of hydrogen-bond donors (Lipinski definition) is 1. The van der Waals surface area contributed by atoms with Gasteiger partial charge >= 0.3 is 5.97 Å². The molecule has 0 unspecified atom stereocenters. The monoisotopic (exact) mass is 552 g/mol. The lowest BCUT2D eigenvalue weighted by Crippen LogP contribution is -2.53. The Hall–Kier alpha value is -2.90. The Balaban J connectivity index is 1.20. The molecule has 3 saturated heterocycles. The number of carbonyl (C=O) groups is 3. The molecule has 1 amide bonds. The molecule has 3 aliphatic heterocycles. The fourth-order valence-corrected chi connectivity index (χ4v) is 6.73. The molecule has 4 fully saturated rings. The maximum Gasteiger partial charge on any atom is 0.316 e. The van der Waals surface area contributed by atoms with Crippen LogP contribution in [0.4, 0.5) is 5.69 Å². The quantitative estimate of drug-likeness (QED) is 0.306. The number of aldehydes is 1. The van der Waals surface area contributed by atoms with Crippen molar-refractivity contribution in [2.45, 2.75) is 69.3 Å². The number of halogens is 1. The van der Waals surface area contributed by atoms with Gasteiger partial charge in [-0.1, -0.05) is 48.7 Å². The molecule has 0 spiro atoms. The molecule has 6 rings (SSSR count). The Morgan fingerprint density at radius 1 is 1.15 bits per heavy atom. The highest BCUT2D eigenvalue weighted by atomic mass is 35.5. The number of methoxy groups -OCH3 is 1. The first kappa shape index (κ1) is 27.7. The van der Waals surface area contributed by atoms with Gasteiger partial charge in [-0.15, -0.1) is 0 Å². The normalized spacial score (nSPS) is 23.3. The second kappa shape index (κ2) is 12.1. The molecule has 1 N–H and O–H groups in total. The van der Waals surface area contributed by atoms with Crippen LogP contribution in [0.3, 0.4) is 0 Å². The summed E-state index contributed by atoms with van der Waals surface area (Å²) in [5, 5.41) is 3.10. The Morgan fingerprint density at radius 3 is 2.59 bits per heavy atom. The first-order valence-corrected chi connectivity index (χ1v) is 14.4. The molecule has 0 aromatic heterocycles. The van der Waals surface area contributed by atoms with Crippen LogP contribution in [0.1, 0.15) is 72.9 Å². The molecular formula is C31H37ClN2O5. The van der Waals surface area contributed by atoms with Crippen molar-refractivity contribution in [1.82, 2.24) is 4.90 Å². The standard InChI is InChI=1S/C31H37ClN2O5/c1-38-27-18-26(25(32)17-23(27)20-35)33-29(36)9-5-7-21-6-4-8-24(16-21)31(12-2-3-13-31)30(37)39-28-19-34-14-10-22(28)11-15-34/h4,6,8,16-18,20,22,28H,2-3,5,7,9-15,19H2,1H3,(H,33,36)/t28-/m0/s1. The van der Waals surface area contributed by atoms with Crippen LogP contribution in [0.15, 0.2) is 36.4 Å². The van der Waals surface area contributed by atoms with E-state index >= 15 is 0 Å². The molecule has 2 aromatic rings. The summed E-state index contributed by atoms with van der Waals surface area (Å²) in [7, 11) is 1.46. The number of aryl methyl sites for hydroxylation is 1. The Labute approximate surface area is 235 Å². The minimum Gasteiger partial charge on any atom is -0.496 e. The second-order valence-electron chi connectivity index (χ2n) is 11.2. The van der Waals surface area contributed by atoms with E-state index in [0.717, 1.165) is 69.3 Å². The van der Waals surface area contributed by atoms with Gasteiger partial charge in [-0.25, -0.2) is 0 Å². The van der Waals surface area contributed by atoms with Crippen LogP contribution in [0.2, 0.25) is 5.02 Å². The molecule has 1 saturated carbocycles. The highest BCUT2D eigenvalue weighted by molar-refractivity contribution is 6.34. The van der Waals surface area contributed by atoms with E-state index in [2.05, 4.69) is 28.4 Å². The molecule has 4 aliphatic rings. The molecular weight excluding hydrogens is 516 g/mol. The van der Waals surface area contributed by atoms with Crippen molar-refractivity contribution in [2.24, 2.45) is 5.92 Å². The van der Waals surface area contributed by atoms with E-state index in [1.807, 2.05) is 6.07 Å². The van der Waals surface area contributed by atoms with Gasteiger partial charge in [0.05, 0.1) is 28.8 Å². The summed E-state index contributed by atoms with van der Waals surface area (Å²) in [6.07, 6.45) is 8.31. The third-order valence-corrected chi connectivity index (χ3v) is 9.08. The Bertz CT molecular complexity index is 1220. The van der Waals surface area contributed by atoms with Gasteiger partial charge in [0.15, 0.2) is 6.29 Å². The molecule has 7 nitrogen and oxygen atoms in total. The maximum atomic E-state index is 13.7. The van der Waals surface area contributed by atoms with Crippen molar-refractivity contribution in [3.63, 3.8) is 0 Å². The zero-order chi connectivity index (χ0) is 27.4. The van der Waals surface area contributed by atoms with Gasteiger partial charge < -0.3 is 14.8 Å². The fraction of sp³-hybridized carbons (Fsp3) is 0.516. The highest BCUT2D eigenvalue weighted by Gasteiger charge is 2.47. The van der Waals surface area contributed by atoms with Crippen molar-refractivity contribution in [1.29, 1.82) is 0 Å². The van der Waals surface area contributed by atoms with E-state index in [1.54, 1.807) is 6.07 Å². The van der Waals surface area contributed by atoms with Crippen molar-refractivity contribution in [3.8, 4) is 5.75 Å². The average molecular weight is 553 g/mol. The van der Waals surface area contributed by atoms with E-state index in [9.17, 15) is 14.4 Å². The molecule has 3 heterocycles. The first-order chi connectivity index (χ1) is 18.9. The summed E-state index contributed by atoms with van der Waals surface area (Å²) in [5.41, 5.74) is 2.33. The smallest absolute Gasteiger partial charge is 0.316 e. The number of piperidine rings is 3. The number of ether oxygens (including phenoxy) is 2. The predicted octanol–water partition coefficient (Wildman–Crippen LogP) is 5.57. The number of esters is 1. The van der Waals surface area contributed by atoms with Gasteiger partial charge in [0.2, 0.25) is 5.91 Å². The SMILES string of the molecule is COc1cc(NC(=O)CCCc2cccc(C3(C(=O)O[C@H]4CN5CCC4CC5)CCCC3)c2)c(Cl)cc1C=O. The lowest BCUT2D eigenvalue weighted by atomic mass is 9.77. The number of hydrogen-bond acceptors (Lipinski definition) is 6. The third kappa shape index (κ3) is 5.99. The molecule has 2 bridgehead atoms. The molecule has 1 aliphatic carbocycles. The van der Waals surface area contributed by atoms with Gasteiger partial charge in [-0.3, -0.25) is 19.3 Å². The number of benzene rings is 2. The molecule has 0 radical (unpaired) electrons. The number of nitrogens with one attached hydrogen (secondary N) is 1. The number of amides is 1. The van der Waals surface area contributed by atoms with Crippen LogP contribution in [0.25, 0.3) is 0 Å². The molecule has 8 heteroatoms. The topological polar surface area (TPSA) is 84.9 Å². The molecule has 208 valence electrons. The largest absolute Gasteiger partial charge is 0.496 e. The van der Waals surface area contributed by atoms with Crippen molar-refractivity contribution < 1.29 is 23.9 Å². The lowest BCUT2D eigenvalue weighted by Gasteiger charge is -2.45. The van der Waals surface area contributed by atoms with Crippen LogP contribution in [-0.2, 0) is 26.2 Å². The fourth-order valence-electron chi connectivity index (χ4n) is 6.51. The average Bonchev–Trinajstić information content (AvgIpc) is 3.46. The predicted molar refractivity (Wildman–Crippen MR) is 151 cm³/mol. The van der Waals surface area contributed by atoms with Gasteiger partial charge in [0.25, 0.3) is 0 Å². The van der Waals surface area contributed by atoms with E-state index < -0.39 is 5.41 Å². The van der Waals surface area contributed by atoms with Crippen LogP contribution in [0, 0.1) is 5.92 Å². The van der Waals surface area contributed by atoms with Crippen molar-refractivity contribution in [2.75, 3.05) is 32.1 Å². The zero-order valence-electron chi connectivity index (χ0n) is 22.5. The van der Waals surface area contributed by atoms with E-state index in [-0.39, 0.29) is 23.0 Å². The molecule has 1 atom stereocenters. The van der Waals surface area contributed by atoms with Crippen molar-refractivity contribution >= 4 is 35.5 Å². The number of fused-ring (bicyclic) bond motifs is 3. The summed E-state index contributed by atoms with van der Waals surface area (Å²) < 4.78 is 11.5. The number of anilines is 1. The second-order valence-corrected chi connectivity index (χ2v) is 11.6. The van der Waals surface area contributed by atoms with Gasteiger partial charge in [-0.2, -0.15) is 0 Å². The summed E-state index contributed by atoms with van der Waals surface area (Å²) >= 11 is 6.24. The van der Waals surface area contributed by atoms with Crippen molar-refractivity contribution in [3.05, 3.63) is 58.1 Å². The van der Waals surface area contributed by atoms with Crippen LogP contribution in [0.5, 0.6) is 5.75 Å². The minimum atomic E-state index is -0.567. The van der Waals surface area contributed by atoms with Gasteiger partial charge in [-0.05, 0) is 74.7 Å². The summed E-state index contributed by atoms with van der Waals surface area (Å²) in [5.74, 6) is 0.633. The van der Waals surface area contributed by atoms with E-state index in [4.69, 9.17) is 21.1 Å². The van der Waals surface area contributed by atoms with Gasteiger partial charge in [0.1, 0.15) is 11.9 Å². The number of nitrogens with zero attached hydrogens (tertiary/aromatic N) is 1. The van der Waals surface area contributed by atoms with Crippen LogP contribution < -0.4 is 10.1 Å². The third-order valence-electron chi connectivity index (χ3n) is 8.77. The summed E-state index contributed by atoms with van der Waals surface area (Å²) in [6, 6.07) is 11.3. The lowest BCUT2D eigenvalue weighted by molar-refractivity contribution is -0.165. The van der Waals surface area contributed by atoms with E-state index in [0.29, 0.717) is 48.5 Å². The maximum absolute atomic E-state index is 13.7. The number of rotatable bonds is 10. The molecule has 2 aromatic carbocycles. The zero-order valence-corrected chi connectivity index (χ0v) is 23.3. The van der Waals surface area contributed by atoms with Crippen LogP contribution in [-0.4, -0.2) is 55.9 Å². The summed E-state index contributed by atoms with van der Waals surface area (Å²) in [4.78, 5) is 39.9.